The maximum atomic E-state index is 12.2. The molecule has 5 heteroatoms. The van der Waals surface area contributed by atoms with Crippen molar-refractivity contribution in [3.63, 3.8) is 0 Å². The van der Waals surface area contributed by atoms with Crippen molar-refractivity contribution in [3.05, 3.63) is 59.7 Å². The van der Waals surface area contributed by atoms with Gasteiger partial charge in [0.05, 0.1) is 14.2 Å². The molecule has 0 aliphatic carbocycles. The molecule has 0 heterocycles. The molecule has 0 bridgehead atoms. The van der Waals surface area contributed by atoms with Gasteiger partial charge < -0.3 is 14.8 Å². The molecule has 0 fully saturated rings. The molecule has 0 unspecified atom stereocenters. The van der Waals surface area contributed by atoms with E-state index < -0.39 is 0 Å². The second-order valence-corrected chi connectivity index (χ2v) is 5.57. The van der Waals surface area contributed by atoms with Gasteiger partial charge in [-0.2, -0.15) is 0 Å². The van der Waals surface area contributed by atoms with E-state index in [-0.39, 0.29) is 11.7 Å². The van der Waals surface area contributed by atoms with Gasteiger partial charge in [-0.15, -0.1) is 0 Å². The van der Waals surface area contributed by atoms with Crippen molar-refractivity contribution in [1.82, 2.24) is 5.32 Å². The standard InChI is InChI=1S/C20H23NO4/c1-24-18-12-11-16(14-19(18)25-2)17(22)10-6-7-13-21-20(23)15-8-4-3-5-9-15/h3-5,8-9,11-12,14H,6-7,10,13H2,1-2H3,(H,21,23). The van der Waals surface area contributed by atoms with Crippen LogP contribution in [0.4, 0.5) is 0 Å². The first-order valence-electron chi connectivity index (χ1n) is 8.24. The summed E-state index contributed by atoms with van der Waals surface area (Å²) in [6, 6.07) is 14.2. The van der Waals surface area contributed by atoms with E-state index in [0.717, 1.165) is 6.42 Å². The molecule has 0 aromatic heterocycles. The number of ketones is 1. The van der Waals surface area contributed by atoms with Crippen LogP contribution in [0.2, 0.25) is 0 Å². The zero-order chi connectivity index (χ0) is 18.1. The van der Waals surface area contributed by atoms with Crippen molar-refractivity contribution in [3.8, 4) is 11.5 Å². The molecular weight excluding hydrogens is 318 g/mol. The summed E-state index contributed by atoms with van der Waals surface area (Å²) < 4.78 is 10.4. The van der Waals surface area contributed by atoms with Crippen LogP contribution in [-0.4, -0.2) is 32.5 Å². The third kappa shape index (κ3) is 5.35. The first-order chi connectivity index (χ1) is 12.2. The minimum Gasteiger partial charge on any atom is -0.493 e. The summed E-state index contributed by atoms with van der Waals surface area (Å²) in [7, 11) is 3.10. The number of unbranched alkanes of at least 4 members (excludes halogenated alkanes) is 1. The summed E-state index contributed by atoms with van der Waals surface area (Å²) in [5.74, 6) is 1.10. The molecule has 0 aliphatic heterocycles. The van der Waals surface area contributed by atoms with Gasteiger partial charge in [-0.3, -0.25) is 9.59 Å². The summed E-state index contributed by atoms with van der Waals surface area (Å²) >= 11 is 0. The summed E-state index contributed by atoms with van der Waals surface area (Å²) in [6.07, 6.45) is 1.89. The van der Waals surface area contributed by atoms with E-state index in [1.165, 1.54) is 0 Å². The Bertz CT molecular complexity index is 713. The van der Waals surface area contributed by atoms with Gasteiger partial charge in [0.1, 0.15) is 0 Å². The van der Waals surface area contributed by atoms with Gasteiger partial charge >= 0.3 is 0 Å². The van der Waals surface area contributed by atoms with Crippen LogP contribution in [0.25, 0.3) is 0 Å². The number of hydrogen-bond donors (Lipinski definition) is 1. The number of benzene rings is 2. The lowest BCUT2D eigenvalue weighted by Gasteiger charge is -2.09. The predicted octanol–water partition coefficient (Wildman–Crippen LogP) is 3.49. The Balaban J connectivity index is 1.74. The largest absolute Gasteiger partial charge is 0.493 e. The molecule has 1 amide bonds. The Morgan fingerprint density at radius 1 is 0.880 bits per heavy atom. The van der Waals surface area contributed by atoms with Crippen LogP contribution in [0, 0.1) is 0 Å². The van der Waals surface area contributed by atoms with Gasteiger partial charge in [0, 0.05) is 24.1 Å². The molecule has 0 saturated heterocycles. The van der Waals surface area contributed by atoms with Crippen LogP contribution < -0.4 is 14.8 Å². The summed E-state index contributed by atoms with van der Waals surface area (Å²) in [5, 5.41) is 2.86. The Kier molecular flexibility index (Phi) is 7.01. The van der Waals surface area contributed by atoms with E-state index >= 15 is 0 Å². The Hall–Kier alpha value is -2.82. The van der Waals surface area contributed by atoms with Crippen LogP contribution in [-0.2, 0) is 0 Å². The van der Waals surface area contributed by atoms with Crippen molar-refractivity contribution in [2.24, 2.45) is 0 Å². The van der Waals surface area contributed by atoms with Crippen molar-refractivity contribution in [1.29, 1.82) is 0 Å². The van der Waals surface area contributed by atoms with E-state index in [2.05, 4.69) is 5.32 Å². The molecule has 2 rings (SSSR count). The first kappa shape index (κ1) is 18.5. The molecule has 5 nitrogen and oxygen atoms in total. The Morgan fingerprint density at radius 2 is 1.60 bits per heavy atom. The molecule has 0 aliphatic rings. The zero-order valence-corrected chi connectivity index (χ0v) is 14.6. The number of nitrogens with one attached hydrogen (secondary N) is 1. The lowest BCUT2D eigenvalue weighted by Crippen LogP contribution is -2.24. The van der Waals surface area contributed by atoms with Crippen molar-refractivity contribution < 1.29 is 19.1 Å². The third-order valence-corrected chi connectivity index (χ3v) is 3.86. The van der Waals surface area contributed by atoms with Gasteiger partial charge in [0.2, 0.25) is 0 Å². The molecule has 2 aromatic carbocycles. The second kappa shape index (κ2) is 9.47. The first-order valence-corrected chi connectivity index (χ1v) is 8.24. The fraction of sp³-hybridized carbons (Fsp3) is 0.300. The summed E-state index contributed by atoms with van der Waals surface area (Å²) in [4.78, 5) is 24.1. The number of carbonyl (C=O) groups excluding carboxylic acids is 2. The topological polar surface area (TPSA) is 64.6 Å². The van der Waals surface area contributed by atoms with E-state index in [0.29, 0.717) is 42.0 Å². The van der Waals surface area contributed by atoms with Crippen molar-refractivity contribution in [2.75, 3.05) is 20.8 Å². The Morgan fingerprint density at radius 3 is 2.28 bits per heavy atom. The molecule has 0 radical (unpaired) electrons. The SMILES string of the molecule is COc1ccc(C(=O)CCCCNC(=O)c2ccccc2)cc1OC. The summed E-state index contributed by atoms with van der Waals surface area (Å²) in [5.41, 5.74) is 1.25. The van der Waals surface area contributed by atoms with E-state index in [4.69, 9.17) is 9.47 Å². The van der Waals surface area contributed by atoms with Crippen LogP contribution in [0.15, 0.2) is 48.5 Å². The van der Waals surface area contributed by atoms with Crippen molar-refractivity contribution in [2.45, 2.75) is 19.3 Å². The number of amides is 1. The third-order valence-electron chi connectivity index (χ3n) is 3.86. The fourth-order valence-electron chi connectivity index (χ4n) is 2.46. The Labute approximate surface area is 148 Å². The normalized spacial score (nSPS) is 10.2. The molecule has 132 valence electrons. The minimum atomic E-state index is -0.0909. The highest BCUT2D eigenvalue weighted by Gasteiger charge is 2.10. The van der Waals surface area contributed by atoms with Crippen LogP contribution in [0.1, 0.15) is 40.0 Å². The van der Waals surface area contributed by atoms with Gasteiger partial charge in [-0.25, -0.2) is 0 Å². The average Bonchev–Trinajstić information content (AvgIpc) is 2.67. The number of rotatable bonds is 9. The van der Waals surface area contributed by atoms with E-state index in [1.807, 2.05) is 18.2 Å². The van der Waals surface area contributed by atoms with Crippen molar-refractivity contribution >= 4 is 11.7 Å². The number of Topliss-reactive ketones (excluding diaryl/α,β-unsaturated/α-hetero) is 1. The summed E-state index contributed by atoms with van der Waals surface area (Å²) in [6.45, 7) is 0.549. The number of ether oxygens (including phenoxy) is 2. The van der Waals surface area contributed by atoms with Crippen LogP contribution >= 0.6 is 0 Å². The molecule has 0 spiro atoms. The number of methoxy groups -OCH3 is 2. The maximum Gasteiger partial charge on any atom is 0.251 e. The van der Waals surface area contributed by atoms with E-state index in [1.54, 1.807) is 44.6 Å². The lowest BCUT2D eigenvalue weighted by atomic mass is 10.0. The highest BCUT2D eigenvalue weighted by Crippen LogP contribution is 2.28. The van der Waals surface area contributed by atoms with Gasteiger partial charge in [-0.1, -0.05) is 18.2 Å². The van der Waals surface area contributed by atoms with Crippen LogP contribution in [0.5, 0.6) is 11.5 Å². The fourth-order valence-corrected chi connectivity index (χ4v) is 2.46. The quantitative estimate of drug-likeness (QED) is 0.560. The predicted molar refractivity (Wildman–Crippen MR) is 96.5 cm³/mol. The van der Waals surface area contributed by atoms with Gasteiger partial charge in [0.25, 0.3) is 5.91 Å². The molecule has 1 N–H and O–H groups in total. The van der Waals surface area contributed by atoms with E-state index in [9.17, 15) is 9.59 Å². The highest BCUT2D eigenvalue weighted by molar-refractivity contribution is 5.96. The smallest absolute Gasteiger partial charge is 0.251 e. The number of hydrogen-bond acceptors (Lipinski definition) is 4. The molecular formula is C20H23NO4. The number of carbonyl (C=O) groups is 2. The monoisotopic (exact) mass is 341 g/mol. The zero-order valence-electron chi connectivity index (χ0n) is 14.6. The highest BCUT2D eigenvalue weighted by atomic mass is 16.5. The molecule has 2 aromatic rings. The molecule has 0 atom stereocenters. The lowest BCUT2D eigenvalue weighted by molar-refractivity contribution is 0.0953. The van der Waals surface area contributed by atoms with Gasteiger partial charge in [-0.05, 0) is 43.2 Å². The average molecular weight is 341 g/mol. The molecule has 25 heavy (non-hydrogen) atoms. The van der Waals surface area contributed by atoms with Gasteiger partial charge in [0.15, 0.2) is 17.3 Å². The van der Waals surface area contributed by atoms with Crippen LogP contribution in [0.3, 0.4) is 0 Å². The molecule has 0 saturated carbocycles. The minimum absolute atomic E-state index is 0.0512. The second-order valence-electron chi connectivity index (χ2n) is 5.57. The maximum absolute atomic E-state index is 12.2.